The number of hydrogen-bond donors (Lipinski definition) is 1. The minimum atomic E-state index is -0.361. The minimum Gasteiger partial charge on any atom is -0.392 e. The van der Waals surface area contributed by atoms with Crippen LogP contribution < -0.4 is 0 Å². The van der Waals surface area contributed by atoms with Gasteiger partial charge >= 0.3 is 0 Å². The van der Waals surface area contributed by atoms with Crippen LogP contribution in [0.25, 0.3) is 0 Å². The molecular weight excluding hydrogens is 275 g/mol. The lowest BCUT2D eigenvalue weighted by molar-refractivity contribution is 0.0728. The van der Waals surface area contributed by atoms with E-state index in [0.29, 0.717) is 17.4 Å². The van der Waals surface area contributed by atoms with Crippen molar-refractivity contribution >= 4 is 11.6 Å². The molecule has 2 rings (SSSR count). The first kappa shape index (κ1) is 15.8. The fourth-order valence-electron chi connectivity index (χ4n) is 3.35. The SMILES string of the molecule is CCCC1CCC(C(O)Cc2ccc(F)cc2Cl)CC1. The summed E-state index contributed by atoms with van der Waals surface area (Å²) in [5.74, 6) is 0.885. The van der Waals surface area contributed by atoms with Gasteiger partial charge in [0.1, 0.15) is 5.82 Å². The lowest BCUT2D eigenvalue weighted by atomic mass is 9.77. The van der Waals surface area contributed by atoms with E-state index in [1.54, 1.807) is 6.07 Å². The zero-order valence-corrected chi connectivity index (χ0v) is 12.9. The molecule has 3 heteroatoms. The molecule has 1 N–H and O–H groups in total. The summed E-state index contributed by atoms with van der Waals surface area (Å²) in [7, 11) is 0. The number of halogens is 2. The second kappa shape index (κ2) is 7.42. The van der Waals surface area contributed by atoms with E-state index in [1.807, 2.05) is 0 Å². The van der Waals surface area contributed by atoms with E-state index in [1.165, 1.54) is 37.8 Å². The monoisotopic (exact) mass is 298 g/mol. The van der Waals surface area contributed by atoms with Crippen molar-refractivity contribution in [2.24, 2.45) is 11.8 Å². The van der Waals surface area contributed by atoms with Crippen molar-refractivity contribution in [1.29, 1.82) is 0 Å². The van der Waals surface area contributed by atoms with Gasteiger partial charge in [-0.2, -0.15) is 0 Å². The Hall–Kier alpha value is -0.600. The van der Waals surface area contributed by atoms with E-state index in [4.69, 9.17) is 11.6 Å². The highest BCUT2D eigenvalue weighted by molar-refractivity contribution is 6.31. The van der Waals surface area contributed by atoms with Crippen LogP contribution in [-0.4, -0.2) is 11.2 Å². The van der Waals surface area contributed by atoms with Crippen LogP contribution in [-0.2, 0) is 6.42 Å². The van der Waals surface area contributed by atoms with Crippen molar-refractivity contribution in [3.63, 3.8) is 0 Å². The van der Waals surface area contributed by atoms with Crippen molar-refractivity contribution in [3.8, 4) is 0 Å². The molecule has 0 saturated heterocycles. The Morgan fingerprint density at radius 3 is 2.60 bits per heavy atom. The first-order valence-corrected chi connectivity index (χ1v) is 8.10. The van der Waals surface area contributed by atoms with Gasteiger partial charge in [-0.3, -0.25) is 0 Å². The molecule has 1 atom stereocenters. The Kier molecular flexibility index (Phi) is 5.86. The summed E-state index contributed by atoms with van der Waals surface area (Å²) < 4.78 is 13.0. The van der Waals surface area contributed by atoms with Gasteiger partial charge in [-0.1, -0.05) is 50.3 Å². The van der Waals surface area contributed by atoms with Gasteiger partial charge in [-0.15, -0.1) is 0 Å². The zero-order chi connectivity index (χ0) is 14.5. The van der Waals surface area contributed by atoms with E-state index < -0.39 is 0 Å². The van der Waals surface area contributed by atoms with E-state index in [-0.39, 0.29) is 11.9 Å². The second-order valence-corrected chi connectivity index (χ2v) is 6.48. The minimum absolute atomic E-state index is 0.326. The molecular formula is C17H24ClFO. The van der Waals surface area contributed by atoms with Gasteiger partial charge in [0.05, 0.1) is 6.10 Å². The molecule has 1 saturated carbocycles. The Bertz CT molecular complexity index is 427. The highest BCUT2D eigenvalue weighted by Gasteiger charge is 2.26. The molecule has 0 heterocycles. The summed E-state index contributed by atoms with van der Waals surface area (Å²) in [5.41, 5.74) is 0.844. The van der Waals surface area contributed by atoms with Gasteiger partial charge in [-0.25, -0.2) is 4.39 Å². The lowest BCUT2D eigenvalue weighted by Crippen LogP contribution is -2.27. The molecule has 0 amide bonds. The highest BCUT2D eigenvalue weighted by Crippen LogP contribution is 2.34. The topological polar surface area (TPSA) is 20.2 Å². The third kappa shape index (κ3) is 4.20. The van der Waals surface area contributed by atoms with Crippen LogP contribution in [0.4, 0.5) is 4.39 Å². The van der Waals surface area contributed by atoms with Crippen LogP contribution in [0.2, 0.25) is 5.02 Å². The van der Waals surface area contributed by atoms with E-state index in [2.05, 4.69) is 6.92 Å². The molecule has 1 aromatic rings. The maximum Gasteiger partial charge on any atom is 0.124 e. The summed E-state index contributed by atoms with van der Waals surface area (Å²) in [6, 6.07) is 4.41. The zero-order valence-electron chi connectivity index (χ0n) is 12.1. The number of hydrogen-bond acceptors (Lipinski definition) is 1. The van der Waals surface area contributed by atoms with Crippen molar-refractivity contribution in [1.82, 2.24) is 0 Å². The van der Waals surface area contributed by atoms with Crippen molar-refractivity contribution in [3.05, 3.63) is 34.6 Å². The average molecular weight is 299 g/mol. The summed E-state index contributed by atoms with van der Waals surface area (Å²) in [4.78, 5) is 0. The van der Waals surface area contributed by atoms with Crippen molar-refractivity contribution in [2.45, 2.75) is 58.0 Å². The van der Waals surface area contributed by atoms with Gasteiger partial charge in [0.2, 0.25) is 0 Å². The smallest absolute Gasteiger partial charge is 0.124 e. The number of benzene rings is 1. The summed E-state index contributed by atoms with van der Waals surface area (Å²) in [6.07, 6.45) is 7.40. The second-order valence-electron chi connectivity index (χ2n) is 6.08. The predicted molar refractivity (Wildman–Crippen MR) is 81.5 cm³/mol. The first-order valence-electron chi connectivity index (χ1n) is 7.72. The molecule has 112 valence electrons. The first-order chi connectivity index (χ1) is 9.60. The fourth-order valence-corrected chi connectivity index (χ4v) is 3.59. The molecule has 0 bridgehead atoms. The quantitative estimate of drug-likeness (QED) is 0.812. The number of aliphatic hydroxyl groups is 1. The number of aliphatic hydroxyl groups excluding tert-OH is 1. The van der Waals surface area contributed by atoms with Crippen LogP contribution in [0.15, 0.2) is 18.2 Å². The van der Waals surface area contributed by atoms with E-state index >= 15 is 0 Å². The molecule has 0 spiro atoms. The number of rotatable bonds is 5. The van der Waals surface area contributed by atoms with Crippen molar-refractivity contribution < 1.29 is 9.50 Å². The van der Waals surface area contributed by atoms with Crippen LogP contribution in [0.1, 0.15) is 51.0 Å². The fraction of sp³-hybridized carbons (Fsp3) is 0.647. The molecule has 1 unspecified atom stereocenters. The van der Waals surface area contributed by atoms with Gasteiger partial charge < -0.3 is 5.11 Å². The summed E-state index contributed by atoms with van der Waals surface area (Å²) >= 11 is 6.03. The maximum atomic E-state index is 13.0. The molecule has 1 nitrogen and oxygen atoms in total. The average Bonchev–Trinajstić information content (AvgIpc) is 2.43. The van der Waals surface area contributed by atoms with Crippen LogP contribution >= 0.6 is 11.6 Å². The van der Waals surface area contributed by atoms with Crippen LogP contribution in [0.3, 0.4) is 0 Å². The Labute approximate surface area is 126 Å². The molecule has 0 radical (unpaired) electrons. The highest BCUT2D eigenvalue weighted by atomic mass is 35.5. The largest absolute Gasteiger partial charge is 0.392 e. The van der Waals surface area contributed by atoms with E-state index in [9.17, 15) is 9.50 Å². The molecule has 0 aliphatic heterocycles. The van der Waals surface area contributed by atoms with Crippen molar-refractivity contribution in [2.75, 3.05) is 0 Å². The molecule has 1 fully saturated rings. The Morgan fingerprint density at radius 2 is 2.00 bits per heavy atom. The molecule has 1 aliphatic rings. The predicted octanol–water partition coefficient (Wildman–Crippen LogP) is 4.99. The van der Waals surface area contributed by atoms with E-state index in [0.717, 1.165) is 24.3 Å². The van der Waals surface area contributed by atoms with Gasteiger partial charge in [0.25, 0.3) is 0 Å². The van der Waals surface area contributed by atoms with Crippen LogP contribution in [0, 0.1) is 17.7 Å². The van der Waals surface area contributed by atoms with Gasteiger partial charge in [-0.05, 0) is 42.4 Å². The third-order valence-corrected chi connectivity index (χ3v) is 4.93. The van der Waals surface area contributed by atoms with Gasteiger partial charge in [0, 0.05) is 11.4 Å². The molecule has 0 aromatic heterocycles. The maximum absolute atomic E-state index is 13.0. The normalized spacial score (nSPS) is 24.6. The summed E-state index contributed by atoms with van der Waals surface area (Å²) in [6.45, 7) is 2.23. The standard InChI is InChI=1S/C17H24ClFO/c1-2-3-12-4-6-13(7-5-12)17(20)10-14-8-9-15(19)11-16(14)18/h8-9,11-13,17,20H,2-7,10H2,1H3. The van der Waals surface area contributed by atoms with Gasteiger partial charge in [0.15, 0.2) is 0 Å². The Morgan fingerprint density at radius 1 is 1.30 bits per heavy atom. The Balaban J connectivity index is 1.87. The molecule has 1 aliphatic carbocycles. The van der Waals surface area contributed by atoms with Crippen LogP contribution in [0.5, 0.6) is 0 Å². The third-order valence-electron chi connectivity index (χ3n) is 4.58. The lowest BCUT2D eigenvalue weighted by Gasteiger charge is -2.31. The molecule has 20 heavy (non-hydrogen) atoms. The summed E-state index contributed by atoms with van der Waals surface area (Å²) in [5, 5.41) is 10.8. The molecule has 1 aromatic carbocycles.